The molecule has 0 aromatic heterocycles. The van der Waals surface area contributed by atoms with E-state index in [1.807, 2.05) is 0 Å². The predicted molar refractivity (Wildman–Crippen MR) is 62.6 cm³/mol. The summed E-state index contributed by atoms with van der Waals surface area (Å²) in [5, 5.41) is 3.37. The molecular formula is C12H20N2. The van der Waals surface area contributed by atoms with Crippen LogP contribution in [0.25, 0.3) is 0 Å². The standard InChI is InChI=1S/C12H20N2/c1-10(2)13-12-7-5-11(6-8-12)9-14(3)4/h5-8,10,13H,9H2,1-4H3. The quantitative estimate of drug-likeness (QED) is 0.788. The van der Waals surface area contributed by atoms with Crippen LogP contribution in [0.2, 0.25) is 0 Å². The lowest BCUT2D eigenvalue weighted by Crippen LogP contribution is -2.11. The zero-order valence-electron chi connectivity index (χ0n) is 9.54. The Morgan fingerprint density at radius 2 is 1.71 bits per heavy atom. The van der Waals surface area contributed by atoms with Gasteiger partial charge in [-0.2, -0.15) is 0 Å². The second-order valence-electron chi connectivity index (χ2n) is 4.23. The Bertz CT molecular complexity index is 233. The molecular weight excluding hydrogens is 172 g/mol. The number of nitrogens with zero attached hydrogens (tertiary/aromatic N) is 1. The third-order valence-corrected chi connectivity index (χ3v) is 1.91. The lowest BCUT2D eigenvalue weighted by molar-refractivity contribution is 0.402. The van der Waals surface area contributed by atoms with Crippen LogP contribution in [-0.2, 0) is 6.54 Å². The van der Waals surface area contributed by atoms with E-state index in [0.29, 0.717) is 6.04 Å². The molecule has 0 saturated heterocycles. The van der Waals surface area contributed by atoms with Crippen LogP contribution in [0.15, 0.2) is 24.3 Å². The molecule has 1 N–H and O–H groups in total. The fraction of sp³-hybridized carbons (Fsp3) is 0.500. The van der Waals surface area contributed by atoms with Crippen LogP contribution in [0.4, 0.5) is 5.69 Å². The third kappa shape index (κ3) is 3.79. The molecule has 2 heteroatoms. The molecule has 0 aliphatic heterocycles. The molecule has 1 aromatic rings. The summed E-state index contributed by atoms with van der Waals surface area (Å²) in [6, 6.07) is 9.11. The number of hydrogen-bond donors (Lipinski definition) is 1. The Morgan fingerprint density at radius 1 is 1.14 bits per heavy atom. The van der Waals surface area contributed by atoms with Gasteiger partial charge in [0.1, 0.15) is 0 Å². The van der Waals surface area contributed by atoms with E-state index in [-0.39, 0.29) is 0 Å². The molecule has 0 aliphatic rings. The Balaban J connectivity index is 2.59. The highest BCUT2D eigenvalue weighted by atomic mass is 15.0. The van der Waals surface area contributed by atoms with E-state index in [1.54, 1.807) is 0 Å². The van der Waals surface area contributed by atoms with Crippen molar-refractivity contribution >= 4 is 5.69 Å². The largest absolute Gasteiger partial charge is 0.383 e. The molecule has 2 nitrogen and oxygen atoms in total. The molecule has 0 radical (unpaired) electrons. The van der Waals surface area contributed by atoms with Crippen LogP contribution in [0.5, 0.6) is 0 Å². The van der Waals surface area contributed by atoms with Crippen molar-refractivity contribution in [2.24, 2.45) is 0 Å². The first-order valence-corrected chi connectivity index (χ1v) is 5.08. The van der Waals surface area contributed by atoms with Gasteiger partial charge in [-0.25, -0.2) is 0 Å². The maximum Gasteiger partial charge on any atom is 0.0342 e. The van der Waals surface area contributed by atoms with E-state index in [4.69, 9.17) is 0 Å². The van der Waals surface area contributed by atoms with E-state index >= 15 is 0 Å². The Labute approximate surface area is 86.9 Å². The molecule has 0 amide bonds. The number of anilines is 1. The van der Waals surface area contributed by atoms with Gasteiger partial charge in [0.05, 0.1) is 0 Å². The molecule has 0 fully saturated rings. The first kappa shape index (κ1) is 11.1. The number of nitrogens with one attached hydrogen (secondary N) is 1. The Kier molecular flexibility index (Phi) is 3.96. The lowest BCUT2D eigenvalue weighted by atomic mass is 10.2. The van der Waals surface area contributed by atoms with Gasteiger partial charge in [-0.15, -0.1) is 0 Å². The topological polar surface area (TPSA) is 15.3 Å². The monoisotopic (exact) mass is 192 g/mol. The highest BCUT2D eigenvalue weighted by Gasteiger charge is 1.97. The molecule has 1 rings (SSSR count). The molecule has 14 heavy (non-hydrogen) atoms. The van der Waals surface area contributed by atoms with Crippen molar-refractivity contribution in [3.05, 3.63) is 29.8 Å². The Morgan fingerprint density at radius 3 is 2.14 bits per heavy atom. The van der Waals surface area contributed by atoms with Gasteiger partial charge in [0.2, 0.25) is 0 Å². The summed E-state index contributed by atoms with van der Waals surface area (Å²) in [4.78, 5) is 2.17. The molecule has 0 saturated carbocycles. The van der Waals surface area contributed by atoms with Crippen molar-refractivity contribution in [3.63, 3.8) is 0 Å². The average Bonchev–Trinajstić information content (AvgIpc) is 2.06. The van der Waals surface area contributed by atoms with E-state index in [1.165, 1.54) is 11.3 Å². The maximum atomic E-state index is 3.37. The minimum atomic E-state index is 0.495. The van der Waals surface area contributed by atoms with Gasteiger partial charge in [0.15, 0.2) is 0 Å². The smallest absolute Gasteiger partial charge is 0.0342 e. The van der Waals surface area contributed by atoms with E-state index in [9.17, 15) is 0 Å². The van der Waals surface area contributed by atoms with Crippen molar-refractivity contribution < 1.29 is 0 Å². The first-order chi connectivity index (χ1) is 6.58. The summed E-state index contributed by atoms with van der Waals surface area (Å²) in [6.07, 6.45) is 0. The average molecular weight is 192 g/mol. The van der Waals surface area contributed by atoms with Crippen LogP contribution in [0.3, 0.4) is 0 Å². The van der Waals surface area contributed by atoms with Gasteiger partial charge in [-0.3, -0.25) is 0 Å². The van der Waals surface area contributed by atoms with Crippen molar-refractivity contribution in [1.29, 1.82) is 0 Å². The van der Waals surface area contributed by atoms with Gasteiger partial charge in [0, 0.05) is 18.3 Å². The summed E-state index contributed by atoms with van der Waals surface area (Å²) in [7, 11) is 4.17. The third-order valence-electron chi connectivity index (χ3n) is 1.91. The fourth-order valence-corrected chi connectivity index (χ4v) is 1.40. The van der Waals surface area contributed by atoms with Crippen LogP contribution in [-0.4, -0.2) is 25.0 Å². The van der Waals surface area contributed by atoms with Gasteiger partial charge < -0.3 is 10.2 Å². The molecule has 0 unspecified atom stereocenters. The summed E-state index contributed by atoms with van der Waals surface area (Å²) in [6.45, 7) is 5.30. The van der Waals surface area contributed by atoms with Crippen molar-refractivity contribution in [3.8, 4) is 0 Å². The molecule has 0 spiro atoms. The molecule has 0 aliphatic carbocycles. The first-order valence-electron chi connectivity index (χ1n) is 5.08. The van der Waals surface area contributed by atoms with E-state index in [0.717, 1.165) is 6.54 Å². The van der Waals surface area contributed by atoms with Crippen molar-refractivity contribution in [2.75, 3.05) is 19.4 Å². The van der Waals surface area contributed by atoms with Crippen LogP contribution in [0.1, 0.15) is 19.4 Å². The summed E-state index contributed by atoms with van der Waals surface area (Å²) in [5.41, 5.74) is 2.55. The zero-order valence-corrected chi connectivity index (χ0v) is 9.54. The number of hydrogen-bond acceptors (Lipinski definition) is 2. The highest BCUT2D eigenvalue weighted by molar-refractivity contribution is 5.45. The van der Waals surface area contributed by atoms with E-state index in [2.05, 4.69) is 62.4 Å². The summed E-state index contributed by atoms with van der Waals surface area (Å²) < 4.78 is 0. The van der Waals surface area contributed by atoms with Crippen LogP contribution in [0, 0.1) is 0 Å². The van der Waals surface area contributed by atoms with Crippen molar-refractivity contribution in [1.82, 2.24) is 4.90 Å². The normalized spacial score (nSPS) is 11.0. The number of rotatable bonds is 4. The number of benzene rings is 1. The van der Waals surface area contributed by atoms with Crippen molar-refractivity contribution in [2.45, 2.75) is 26.4 Å². The minimum absolute atomic E-state index is 0.495. The SMILES string of the molecule is CC(C)Nc1ccc(CN(C)C)cc1. The predicted octanol–water partition coefficient (Wildman–Crippen LogP) is 2.57. The summed E-state index contributed by atoms with van der Waals surface area (Å²) >= 11 is 0. The lowest BCUT2D eigenvalue weighted by Gasteiger charge is -2.12. The van der Waals surface area contributed by atoms with Crippen LogP contribution < -0.4 is 5.32 Å². The second-order valence-corrected chi connectivity index (χ2v) is 4.23. The highest BCUT2D eigenvalue weighted by Crippen LogP contribution is 2.11. The molecule has 0 bridgehead atoms. The van der Waals surface area contributed by atoms with Gasteiger partial charge in [0.25, 0.3) is 0 Å². The maximum absolute atomic E-state index is 3.37. The van der Waals surface area contributed by atoms with Gasteiger partial charge in [-0.1, -0.05) is 12.1 Å². The summed E-state index contributed by atoms with van der Waals surface area (Å²) in [5.74, 6) is 0. The molecule has 0 atom stereocenters. The van der Waals surface area contributed by atoms with Gasteiger partial charge >= 0.3 is 0 Å². The Hall–Kier alpha value is -1.02. The van der Waals surface area contributed by atoms with Crippen LogP contribution >= 0.6 is 0 Å². The fourth-order valence-electron chi connectivity index (χ4n) is 1.40. The molecule has 0 heterocycles. The zero-order chi connectivity index (χ0) is 10.6. The van der Waals surface area contributed by atoms with E-state index < -0.39 is 0 Å². The van der Waals surface area contributed by atoms with Gasteiger partial charge in [-0.05, 0) is 45.6 Å². The molecule has 1 aromatic carbocycles. The molecule has 78 valence electrons. The second kappa shape index (κ2) is 5.01. The minimum Gasteiger partial charge on any atom is -0.383 e.